The number of nitrogens with zero attached hydrogens (tertiary/aromatic N) is 1. The van der Waals surface area contributed by atoms with Gasteiger partial charge in [0.1, 0.15) is 6.04 Å². The van der Waals surface area contributed by atoms with Gasteiger partial charge in [0.25, 0.3) is 0 Å². The van der Waals surface area contributed by atoms with Crippen molar-refractivity contribution in [2.75, 3.05) is 12.4 Å². The van der Waals surface area contributed by atoms with Crippen LogP contribution in [-0.2, 0) is 4.79 Å². The van der Waals surface area contributed by atoms with Gasteiger partial charge in [0.05, 0.1) is 19.0 Å². The fourth-order valence-electron chi connectivity index (χ4n) is 1.13. The Kier molecular flexibility index (Phi) is 4.27. The molecule has 17 heavy (non-hydrogen) atoms. The van der Waals surface area contributed by atoms with E-state index in [4.69, 9.17) is 10.5 Å². The third-order valence-corrected chi connectivity index (χ3v) is 1.97. The minimum Gasteiger partial charge on any atom is -0.481 e. The summed E-state index contributed by atoms with van der Waals surface area (Å²) in [6, 6.07) is 1.88. The Labute approximate surface area is 98.4 Å². The van der Waals surface area contributed by atoms with Crippen molar-refractivity contribution in [1.82, 2.24) is 10.3 Å². The molecule has 7 heteroatoms. The summed E-state index contributed by atoms with van der Waals surface area (Å²) in [7, 11) is 1.51. The van der Waals surface area contributed by atoms with E-state index >= 15 is 0 Å². The van der Waals surface area contributed by atoms with E-state index in [9.17, 15) is 9.59 Å². The standard InChI is InChI=1S/C10H14N4O3/c1-6(9(15)14-10(11)16)13-7-3-4-8(17-2)12-5-7/h3-6,13H,1-2H3,(H3,11,14,15,16). The number of urea groups is 1. The normalized spacial score (nSPS) is 11.4. The van der Waals surface area contributed by atoms with Crippen LogP contribution in [0.25, 0.3) is 0 Å². The zero-order valence-electron chi connectivity index (χ0n) is 9.56. The average molecular weight is 238 g/mol. The van der Waals surface area contributed by atoms with E-state index in [0.717, 1.165) is 0 Å². The van der Waals surface area contributed by atoms with Crippen LogP contribution in [0.2, 0.25) is 0 Å². The molecule has 0 bridgehead atoms. The minimum absolute atomic E-state index is 0.477. The van der Waals surface area contributed by atoms with Crippen LogP contribution >= 0.6 is 0 Å². The third kappa shape index (κ3) is 3.98. The maximum absolute atomic E-state index is 11.4. The molecule has 1 aromatic heterocycles. The smallest absolute Gasteiger partial charge is 0.318 e. The Hall–Kier alpha value is -2.31. The van der Waals surface area contributed by atoms with Crippen LogP contribution in [0.15, 0.2) is 18.3 Å². The summed E-state index contributed by atoms with van der Waals surface area (Å²) in [6.07, 6.45) is 1.52. The lowest BCUT2D eigenvalue weighted by Gasteiger charge is -2.13. The molecule has 0 aliphatic rings. The monoisotopic (exact) mass is 238 g/mol. The van der Waals surface area contributed by atoms with Crippen LogP contribution in [0, 0.1) is 0 Å². The largest absolute Gasteiger partial charge is 0.481 e. The number of methoxy groups -OCH3 is 1. The summed E-state index contributed by atoms with van der Waals surface area (Å²) in [5, 5.41) is 4.84. The first-order chi connectivity index (χ1) is 8.02. The third-order valence-electron chi connectivity index (χ3n) is 1.97. The van der Waals surface area contributed by atoms with Crippen molar-refractivity contribution >= 4 is 17.6 Å². The van der Waals surface area contributed by atoms with Gasteiger partial charge in [-0.3, -0.25) is 10.1 Å². The molecule has 0 aromatic carbocycles. The van der Waals surface area contributed by atoms with Crippen LogP contribution < -0.4 is 21.1 Å². The zero-order chi connectivity index (χ0) is 12.8. The van der Waals surface area contributed by atoms with Crippen LogP contribution in [0.4, 0.5) is 10.5 Å². The molecule has 0 fully saturated rings. The molecule has 0 aliphatic heterocycles. The van der Waals surface area contributed by atoms with E-state index in [-0.39, 0.29) is 0 Å². The number of rotatable bonds is 4. The van der Waals surface area contributed by atoms with Crippen molar-refractivity contribution < 1.29 is 14.3 Å². The van der Waals surface area contributed by atoms with E-state index in [1.54, 1.807) is 19.1 Å². The molecule has 0 radical (unpaired) electrons. The van der Waals surface area contributed by atoms with E-state index in [2.05, 4.69) is 10.3 Å². The van der Waals surface area contributed by atoms with Gasteiger partial charge >= 0.3 is 6.03 Å². The number of primary amides is 1. The number of nitrogens with two attached hydrogens (primary N) is 1. The minimum atomic E-state index is -0.878. The Morgan fingerprint density at radius 2 is 2.18 bits per heavy atom. The van der Waals surface area contributed by atoms with E-state index < -0.39 is 18.0 Å². The highest BCUT2D eigenvalue weighted by molar-refractivity contribution is 5.97. The molecule has 1 atom stereocenters. The molecule has 0 saturated carbocycles. The number of amides is 3. The molecule has 1 rings (SSSR count). The first-order valence-corrected chi connectivity index (χ1v) is 4.90. The molecular weight excluding hydrogens is 224 g/mol. The summed E-state index contributed by atoms with van der Waals surface area (Å²) in [6.45, 7) is 1.60. The highest BCUT2D eigenvalue weighted by Crippen LogP contribution is 2.11. The Balaban J connectivity index is 2.57. The summed E-state index contributed by atoms with van der Waals surface area (Å²) in [4.78, 5) is 25.8. The van der Waals surface area contributed by atoms with E-state index in [1.165, 1.54) is 13.3 Å². The van der Waals surface area contributed by atoms with Gasteiger partial charge in [-0.05, 0) is 13.0 Å². The number of aromatic nitrogens is 1. The number of hydrogen-bond donors (Lipinski definition) is 3. The fraction of sp³-hybridized carbons (Fsp3) is 0.300. The quantitative estimate of drug-likeness (QED) is 0.689. The summed E-state index contributed by atoms with van der Waals surface area (Å²) in [5.74, 6) is -0.0295. The first kappa shape index (κ1) is 12.8. The SMILES string of the molecule is COc1ccc(NC(C)C(=O)NC(N)=O)cn1. The van der Waals surface area contributed by atoms with Gasteiger partial charge in [-0.2, -0.15) is 0 Å². The van der Waals surface area contributed by atoms with Crippen molar-refractivity contribution in [1.29, 1.82) is 0 Å². The second-order valence-electron chi connectivity index (χ2n) is 3.31. The lowest BCUT2D eigenvalue weighted by atomic mass is 10.3. The molecule has 0 spiro atoms. The topological polar surface area (TPSA) is 106 Å². The first-order valence-electron chi connectivity index (χ1n) is 4.90. The number of imide groups is 1. The predicted molar refractivity (Wildman–Crippen MR) is 61.6 cm³/mol. The van der Waals surface area contributed by atoms with Crippen molar-refractivity contribution in [3.63, 3.8) is 0 Å². The molecule has 0 aliphatic carbocycles. The van der Waals surface area contributed by atoms with Crippen LogP contribution in [0.1, 0.15) is 6.92 Å². The number of anilines is 1. The van der Waals surface area contributed by atoms with E-state index in [0.29, 0.717) is 11.6 Å². The molecule has 1 unspecified atom stereocenters. The van der Waals surface area contributed by atoms with Crippen molar-refractivity contribution in [2.45, 2.75) is 13.0 Å². The average Bonchev–Trinajstić information content (AvgIpc) is 2.29. The molecule has 1 heterocycles. The Morgan fingerprint density at radius 1 is 1.47 bits per heavy atom. The van der Waals surface area contributed by atoms with Gasteiger partial charge in [0, 0.05) is 6.07 Å². The second kappa shape index (κ2) is 5.69. The molecule has 3 amide bonds. The van der Waals surface area contributed by atoms with Gasteiger partial charge in [-0.1, -0.05) is 0 Å². The van der Waals surface area contributed by atoms with Crippen molar-refractivity contribution in [3.8, 4) is 5.88 Å². The molecule has 4 N–H and O–H groups in total. The molecular formula is C10H14N4O3. The highest BCUT2D eigenvalue weighted by atomic mass is 16.5. The van der Waals surface area contributed by atoms with Crippen LogP contribution in [0.3, 0.4) is 0 Å². The van der Waals surface area contributed by atoms with E-state index in [1.807, 2.05) is 5.32 Å². The number of carbonyl (C=O) groups is 2. The number of pyridine rings is 1. The highest BCUT2D eigenvalue weighted by Gasteiger charge is 2.13. The maximum Gasteiger partial charge on any atom is 0.318 e. The fourth-order valence-corrected chi connectivity index (χ4v) is 1.13. The molecule has 1 aromatic rings. The van der Waals surface area contributed by atoms with Crippen molar-refractivity contribution in [2.24, 2.45) is 5.73 Å². The summed E-state index contributed by atoms with van der Waals surface area (Å²) in [5.41, 5.74) is 5.47. The molecule has 7 nitrogen and oxygen atoms in total. The Morgan fingerprint density at radius 3 is 2.65 bits per heavy atom. The predicted octanol–water partition coefficient (Wildman–Crippen LogP) is 0.0855. The molecule has 0 saturated heterocycles. The lowest BCUT2D eigenvalue weighted by molar-refractivity contribution is -0.120. The van der Waals surface area contributed by atoms with Gasteiger partial charge < -0.3 is 15.8 Å². The molecule has 92 valence electrons. The number of hydrogen-bond acceptors (Lipinski definition) is 5. The van der Waals surface area contributed by atoms with Gasteiger partial charge in [-0.15, -0.1) is 0 Å². The second-order valence-corrected chi connectivity index (χ2v) is 3.31. The lowest BCUT2D eigenvalue weighted by Crippen LogP contribution is -2.43. The van der Waals surface area contributed by atoms with Gasteiger partial charge in [0.2, 0.25) is 11.8 Å². The maximum atomic E-state index is 11.4. The zero-order valence-corrected chi connectivity index (χ0v) is 9.56. The van der Waals surface area contributed by atoms with Crippen LogP contribution in [0.5, 0.6) is 5.88 Å². The summed E-state index contributed by atoms with van der Waals surface area (Å²) >= 11 is 0. The van der Waals surface area contributed by atoms with Gasteiger partial charge in [0.15, 0.2) is 0 Å². The van der Waals surface area contributed by atoms with Crippen molar-refractivity contribution in [3.05, 3.63) is 18.3 Å². The van der Waals surface area contributed by atoms with Gasteiger partial charge in [-0.25, -0.2) is 9.78 Å². The number of ether oxygens (including phenoxy) is 1. The number of nitrogens with one attached hydrogen (secondary N) is 2. The van der Waals surface area contributed by atoms with Crippen LogP contribution in [-0.4, -0.2) is 30.1 Å². The Bertz CT molecular complexity index is 405. The number of carbonyl (C=O) groups excluding carboxylic acids is 2. The summed E-state index contributed by atoms with van der Waals surface area (Å²) < 4.78 is 4.89.